The monoisotopic (exact) mass is 473 g/mol. The summed E-state index contributed by atoms with van der Waals surface area (Å²) in [4.78, 5) is 17.2. The minimum Gasteiger partial charge on any atom is -0.363 e. The predicted octanol–water partition coefficient (Wildman–Crippen LogP) is 4.38. The van der Waals surface area contributed by atoms with Gasteiger partial charge in [0.25, 0.3) is 11.8 Å². The second-order valence-electron chi connectivity index (χ2n) is 9.00. The van der Waals surface area contributed by atoms with Crippen LogP contribution in [0.3, 0.4) is 0 Å². The zero-order chi connectivity index (χ0) is 24.6. The quantitative estimate of drug-likeness (QED) is 0.432. The third kappa shape index (κ3) is 5.12. The Morgan fingerprint density at radius 3 is 1.89 bits per heavy atom. The van der Waals surface area contributed by atoms with Gasteiger partial charge >= 0.3 is 0 Å². The summed E-state index contributed by atoms with van der Waals surface area (Å²) in [6.07, 6.45) is 0.781. The van der Waals surface area contributed by atoms with Gasteiger partial charge in [-0.1, -0.05) is 60.7 Å². The van der Waals surface area contributed by atoms with Crippen LogP contribution in [0.5, 0.6) is 0 Å². The first kappa shape index (κ1) is 22.9. The zero-order valence-corrected chi connectivity index (χ0v) is 19.3. The van der Waals surface area contributed by atoms with Gasteiger partial charge in [0.05, 0.1) is 18.8 Å². The number of likely N-dealkylation sites (tertiary alicyclic amines) is 1. The van der Waals surface area contributed by atoms with Gasteiger partial charge in [0.15, 0.2) is 0 Å². The van der Waals surface area contributed by atoms with Gasteiger partial charge in [-0.15, -0.1) is 5.10 Å². The lowest BCUT2D eigenvalue weighted by Crippen LogP contribution is -2.55. The summed E-state index contributed by atoms with van der Waals surface area (Å²) in [6.45, 7) is 2.01. The van der Waals surface area contributed by atoms with Crippen LogP contribution in [0.25, 0.3) is 16.8 Å². The number of nitrogens with two attached hydrogens (primary N) is 1. The summed E-state index contributed by atoms with van der Waals surface area (Å²) in [5, 5.41) is 4.16. The van der Waals surface area contributed by atoms with Crippen molar-refractivity contribution in [3.63, 3.8) is 0 Å². The van der Waals surface area contributed by atoms with Crippen LogP contribution in [0.1, 0.15) is 33.1 Å². The molecule has 3 aromatic carbocycles. The minimum atomic E-state index is -2.53. The van der Waals surface area contributed by atoms with Crippen molar-refractivity contribution in [1.82, 2.24) is 19.7 Å². The van der Waals surface area contributed by atoms with E-state index >= 15 is 0 Å². The van der Waals surface area contributed by atoms with Gasteiger partial charge in [-0.25, -0.2) is 18.4 Å². The molecule has 1 fully saturated rings. The zero-order valence-electron chi connectivity index (χ0n) is 19.3. The van der Waals surface area contributed by atoms with Crippen LogP contribution in [0.15, 0.2) is 72.8 Å². The molecule has 5 rings (SSSR count). The Labute approximate surface area is 202 Å². The molecule has 0 spiro atoms. The van der Waals surface area contributed by atoms with Crippen LogP contribution in [0, 0.1) is 6.92 Å². The maximum atomic E-state index is 13.0. The van der Waals surface area contributed by atoms with Crippen molar-refractivity contribution in [1.29, 1.82) is 0 Å². The molecular weight excluding hydrogens is 448 g/mol. The summed E-state index contributed by atoms with van der Waals surface area (Å²) < 4.78 is 27.6. The maximum Gasteiger partial charge on any atom is 0.288 e. The lowest BCUT2D eigenvalue weighted by molar-refractivity contribution is -0.133. The molecule has 0 saturated carbocycles. The molecule has 0 bridgehead atoms. The molecule has 6 nitrogen and oxygen atoms in total. The van der Waals surface area contributed by atoms with Crippen LogP contribution in [0.4, 0.5) is 8.78 Å². The Morgan fingerprint density at radius 2 is 1.40 bits per heavy atom. The number of hydrogen-bond acceptors (Lipinski definition) is 4. The fourth-order valence-corrected chi connectivity index (χ4v) is 4.33. The molecule has 1 aromatic heterocycles. The molecule has 35 heavy (non-hydrogen) atoms. The Bertz CT molecular complexity index is 1340. The highest BCUT2D eigenvalue weighted by Gasteiger charge is 2.43. The molecule has 178 valence electrons. The highest BCUT2D eigenvalue weighted by atomic mass is 19.3. The average molecular weight is 474 g/mol. The van der Waals surface area contributed by atoms with Crippen LogP contribution in [-0.4, -0.2) is 44.6 Å². The third-order valence-electron chi connectivity index (χ3n) is 6.14. The lowest BCUT2D eigenvalue weighted by Gasteiger charge is -2.38. The number of aryl methyl sites for hydroxylation is 1. The van der Waals surface area contributed by atoms with Crippen LogP contribution in [0.2, 0.25) is 0 Å². The molecule has 1 aliphatic rings. The van der Waals surface area contributed by atoms with E-state index in [0.29, 0.717) is 12.4 Å². The van der Waals surface area contributed by atoms with Crippen molar-refractivity contribution in [2.75, 3.05) is 13.1 Å². The van der Waals surface area contributed by atoms with E-state index in [-0.39, 0.29) is 18.9 Å². The lowest BCUT2D eigenvalue weighted by atomic mass is 9.99. The molecule has 0 radical (unpaired) electrons. The number of halogens is 2. The maximum absolute atomic E-state index is 13.0. The molecule has 1 amide bonds. The fraction of sp³-hybridized carbons (Fsp3) is 0.222. The number of aromatic nitrogens is 3. The second kappa shape index (κ2) is 9.03. The molecule has 0 aliphatic carbocycles. The van der Waals surface area contributed by atoms with E-state index in [2.05, 4.69) is 34.3 Å². The average Bonchev–Trinajstić information content (AvgIpc) is 3.21. The van der Waals surface area contributed by atoms with E-state index in [1.807, 2.05) is 48.5 Å². The summed E-state index contributed by atoms with van der Waals surface area (Å²) in [6, 6.07) is 24.4. The van der Waals surface area contributed by atoms with E-state index in [4.69, 9.17) is 5.73 Å². The van der Waals surface area contributed by atoms with Crippen LogP contribution in [-0.2, 0) is 13.0 Å². The smallest absolute Gasteiger partial charge is 0.288 e. The molecule has 0 atom stereocenters. The Balaban J connectivity index is 1.21. The Kier molecular flexibility index (Phi) is 5.90. The SMILES string of the molecule is Cc1nc(C(N)=O)nn1-c1ccc(Cc2ccc(-c3ccc(CN4CC(F)(F)C4)cc3)cc2)cc1. The number of carbonyl (C=O) groups excluding carboxylic acids is 1. The van der Waals surface area contributed by atoms with Crippen molar-refractivity contribution < 1.29 is 13.6 Å². The Hall–Kier alpha value is -3.91. The standard InChI is InChI=1S/C27H25F2N5O/c1-18-31-26(25(30)35)32-34(18)24-12-6-20(7-13-24)14-19-2-8-22(9-3-19)23-10-4-21(5-11-23)15-33-16-27(28,29)17-33/h2-13H,14-17H2,1H3,(H2,30,35). The van der Waals surface area contributed by atoms with Crippen molar-refractivity contribution >= 4 is 5.91 Å². The number of hydrogen-bond donors (Lipinski definition) is 1. The van der Waals surface area contributed by atoms with Gasteiger partial charge in [0, 0.05) is 6.54 Å². The predicted molar refractivity (Wildman–Crippen MR) is 130 cm³/mol. The van der Waals surface area contributed by atoms with Crippen LogP contribution >= 0.6 is 0 Å². The van der Waals surface area contributed by atoms with Crippen molar-refractivity contribution in [2.24, 2.45) is 5.73 Å². The number of primary amides is 1. The van der Waals surface area contributed by atoms with Gasteiger partial charge < -0.3 is 5.73 Å². The normalized spacial score (nSPS) is 15.1. The van der Waals surface area contributed by atoms with Crippen LogP contribution < -0.4 is 5.73 Å². The number of carbonyl (C=O) groups is 1. The van der Waals surface area contributed by atoms with Gasteiger partial charge in [0.2, 0.25) is 5.82 Å². The summed E-state index contributed by atoms with van der Waals surface area (Å²) in [5.74, 6) is -2.59. The molecule has 0 unspecified atom stereocenters. The van der Waals surface area contributed by atoms with Gasteiger partial charge in [-0.3, -0.25) is 9.69 Å². The van der Waals surface area contributed by atoms with Gasteiger partial charge in [-0.2, -0.15) is 0 Å². The van der Waals surface area contributed by atoms with Gasteiger partial charge in [0.1, 0.15) is 5.82 Å². The van der Waals surface area contributed by atoms with E-state index in [9.17, 15) is 13.6 Å². The van der Waals surface area contributed by atoms with E-state index in [1.54, 1.807) is 16.5 Å². The number of rotatable bonds is 7. The van der Waals surface area contributed by atoms with Crippen molar-refractivity contribution in [3.8, 4) is 16.8 Å². The van der Waals surface area contributed by atoms with Crippen molar-refractivity contribution in [2.45, 2.75) is 25.8 Å². The molecule has 8 heteroatoms. The number of benzene rings is 3. The first-order valence-corrected chi connectivity index (χ1v) is 11.4. The van der Waals surface area contributed by atoms with E-state index < -0.39 is 11.8 Å². The molecule has 2 heterocycles. The highest BCUT2D eigenvalue weighted by Crippen LogP contribution is 2.29. The highest BCUT2D eigenvalue weighted by molar-refractivity contribution is 5.88. The minimum absolute atomic E-state index is 0.00195. The van der Waals surface area contributed by atoms with Crippen molar-refractivity contribution in [3.05, 3.63) is 101 Å². The van der Waals surface area contributed by atoms with E-state index in [1.165, 1.54) is 5.56 Å². The molecule has 1 aliphatic heterocycles. The molecule has 4 aromatic rings. The summed E-state index contributed by atoms with van der Waals surface area (Å²) >= 11 is 0. The van der Waals surface area contributed by atoms with E-state index in [0.717, 1.165) is 34.4 Å². The van der Waals surface area contributed by atoms with Gasteiger partial charge in [-0.05, 0) is 53.3 Å². The fourth-order valence-electron chi connectivity index (χ4n) is 4.33. The number of amides is 1. The molecule has 1 saturated heterocycles. The first-order valence-electron chi connectivity index (χ1n) is 11.4. The number of alkyl halides is 2. The Morgan fingerprint density at radius 1 is 0.886 bits per heavy atom. The molecular formula is C27H25F2N5O. The largest absolute Gasteiger partial charge is 0.363 e. The summed E-state index contributed by atoms with van der Waals surface area (Å²) in [7, 11) is 0. The first-order chi connectivity index (χ1) is 16.8. The molecule has 2 N–H and O–H groups in total. The topological polar surface area (TPSA) is 77.0 Å². The second-order valence-corrected chi connectivity index (χ2v) is 9.00. The number of nitrogens with zero attached hydrogens (tertiary/aromatic N) is 4. The summed E-state index contributed by atoms with van der Waals surface area (Å²) in [5.41, 5.74) is 11.7. The third-order valence-corrected chi connectivity index (χ3v) is 6.14.